The molecule has 3 N–H and O–H groups in total. The SMILES string of the molecule is COc1ccc2c(NC(N)=O)c(C(=O)c3ccc(C)cc3)oc2c1. The second-order valence-electron chi connectivity index (χ2n) is 5.35. The maximum atomic E-state index is 12.8. The molecule has 24 heavy (non-hydrogen) atoms. The number of methoxy groups -OCH3 is 1. The van der Waals surface area contributed by atoms with Gasteiger partial charge in [0.25, 0.3) is 0 Å². The summed E-state index contributed by atoms with van der Waals surface area (Å²) in [4.78, 5) is 24.1. The molecular weight excluding hydrogens is 308 g/mol. The van der Waals surface area contributed by atoms with Gasteiger partial charge in [-0.2, -0.15) is 0 Å². The lowest BCUT2D eigenvalue weighted by atomic mass is 10.1. The quantitative estimate of drug-likeness (QED) is 0.718. The van der Waals surface area contributed by atoms with Crippen LogP contribution >= 0.6 is 0 Å². The number of hydrogen-bond donors (Lipinski definition) is 2. The average molecular weight is 324 g/mol. The number of ketones is 1. The molecule has 0 radical (unpaired) electrons. The van der Waals surface area contributed by atoms with E-state index in [0.29, 0.717) is 22.3 Å². The van der Waals surface area contributed by atoms with E-state index in [1.54, 1.807) is 30.3 Å². The molecule has 2 amide bonds. The first-order valence-corrected chi connectivity index (χ1v) is 7.28. The third kappa shape index (κ3) is 2.81. The van der Waals surface area contributed by atoms with Crippen molar-refractivity contribution < 1.29 is 18.7 Å². The number of aryl methyl sites for hydroxylation is 1. The fourth-order valence-electron chi connectivity index (χ4n) is 2.45. The third-order valence-electron chi connectivity index (χ3n) is 3.67. The summed E-state index contributed by atoms with van der Waals surface area (Å²) in [5.41, 5.74) is 7.41. The Morgan fingerprint density at radius 2 is 1.83 bits per heavy atom. The first kappa shape index (κ1) is 15.6. The number of amides is 2. The van der Waals surface area contributed by atoms with Crippen LogP contribution in [0.2, 0.25) is 0 Å². The lowest BCUT2D eigenvalue weighted by molar-refractivity contribution is 0.101. The van der Waals surface area contributed by atoms with E-state index in [1.807, 2.05) is 19.1 Å². The van der Waals surface area contributed by atoms with Crippen LogP contribution in [0.1, 0.15) is 21.7 Å². The Morgan fingerprint density at radius 3 is 2.46 bits per heavy atom. The van der Waals surface area contributed by atoms with Gasteiger partial charge >= 0.3 is 6.03 Å². The Morgan fingerprint density at radius 1 is 1.12 bits per heavy atom. The minimum Gasteiger partial charge on any atom is -0.497 e. The van der Waals surface area contributed by atoms with Gasteiger partial charge in [-0.15, -0.1) is 0 Å². The highest BCUT2D eigenvalue weighted by Crippen LogP contribution is 2.34. The zero-order valence-corrected chi connectivity index (χ0v) is 13.3. The van der Waals surface area contributed by atoms with Crippen molar-refractivity contribution in [3.05, 3.63) is 59.4 Å². The van der Waals surface area contributed by atoms with E-state index in [9.17, 15) is 9.59 Å². The second kappa shape index (κ2) is 6.08. The Hall–Kier alpha value is -3.28. The van der Waals surface area contributed by atoms with E-state index in [0.717, 1.165) is 5.56 Å². The monoisotopic (exact) mass is 324 g/mol. The summed E-state index contributed by atoms with van der Waals surface area (Å²) in [6.07, 6.45) is 0. The molecule has 3 rings (SSSR count). The van der Waals surface area contributed by atoms with Gasteiger partial charge in [0.05, 0.1) is 7.11 Å². The van der Waals surface area contributed by atoms with E-state index < -0.39 is 6.03 Å². The number of nitrogens with one attached hydrogen (secondary N) is 1. The minimum atomic E-state index is -0.772. The average Bonchev–Trinajstić information content (AvgIpc) is 2.92. The third-order valence-corrected chi connectivity index (χ3v) is 3.67. The van der Waals surface area contributed by atoms with Crippen LogP contribution in [-0.2, 0) is 0 Å². The van der Waals surface area contributed by atoms with Crippen molar-refractivity contribution in [3.63, 3.8) is 0 Å². The van der Waals surface area contributed by atoms with Crippen molar-refractivity contribution in [3.8, 4) is 5.75 Å². The first-order valence-electron chi connectivity index (χ1n) is 7.28. The molecule has 0 bridgehead atoms. The van der Waals surface area contributed by atoms with Gasteiger partial charge in [0, 0.05) is 17.0 Å². The van der Waals surface area contributed by atoms with Crippen LogP contribution in [-0.4, -0.2) is 18.9 Å². The molecule has 0 fully saturated rings. The molecule has 0 unspecified atom stereocenters. The Labute approximate surface area is 138 Å². The first-order chi connectivity index (χ1) is 11.5. The van der Waals surface area contributed by atoms with E-state index in [-0.39, 0.29) is 17.2 Å². The smallest absolute Gasteiger partial charge is 0.316 e. The van der Waals surface area contributed by atoms with Crippen LogP contribution in [0.3, 0.4) is 0 Å². The number of carbonyl (C=O) groups excluding carboxylic acids is 2. The fourth-order valence-corrected chi connectivity index (χ4v) is 2.45. The standard InChI is InChI=1S/C18H16N2O4/c1-10-3-5-11(6-4-10)16(21)17-15(20-18(19)22)13-8-7-12(23-2)9-14(13)24-17/h3-9H,1-2H3,(H3,19,20,22). The van der Waals surface area contributed by atoms with Crippen molar-refractivity contribution in [2.24, 2.45) is 5.73 Å². The van der Waals surface area contributed by atoms with E-state index >= 15 is 0 Å². The van der Waals surface area contributed by atoms with Crippen molar-refractivity contribution in [1.82, 2.24) is 0 Å². The fraction of sp³-hybridized carbons (Fsp3) is 0.111. The molecule has 3 aromatic rings. The minimum absolute atomic E-state index is 0.0286. The highest BCUT2D eigenvalue weighted by molar-refractivity contribution is 6.17. The molecule has 122 valence electrons. The highest BCUT2D eigenvalue weighted by atomic mass is 16.5. The van der Waals surface area contributed by atoms with Gasteiger partial charge in [-0.1, -0.05) is 29.8 Å². The zero-order chi connectivity index (χ0) is 17.3. The van der Waals surface area contributed by atoms with Crippen molar-refractivity contribution in [2.45, 2.75) is 6.92 Å². The maximum Gasteiger partial charge on any atom is 0.316 e. The van der Waals surface area contributed by atoms with Gasteiger partial charge < -0.3 is 20.2 Å². The van der Waals surface area contributed by atoms with Crippen LogP contribution in [0.4, 0.5) is 10.5 Å². The van der Waals surface area contributed by atoms with Crippen molar-refractivity contribution >= 4 is 28.5 Å². The van der Waals surface area contributed by atoms with E-state index in [2.05, 4.69) is 5.32 Å². The van der Waals surface area contributed by atoms with Gasteiger partial charge in [-0.3, -0.25) is 4.79 Å². The Kier molecular flexibility index (Phi) is 3.95. The van der Waals surface area contributed by atoms with Crippen LogP contribution in [0.25, 0.3) is 11.0 Å². The molecule has 1 aromatic heterocycles. The molecular formula is C18H16N2O4. The number of ether oxygens (including phenoxy) is 1. The zero-order valence-electron chi connectivity index (χ0n) is 13.3. The lowest BCUT2D eigenvalue weighted by Gasteiger charge is -2.03. The van der Waals surface area contributed by atoms with Crippen molar-refractivity contribution in [1.29, 1.82) is 0 Å². The van der Waals surface area contributed by atoms with Crippen LogP contribution < -0.4 is 15.8 Å². The molecule has 6 nitrogen and oxygen atoms in total. The predicted molar refractivity (Wildman–Crippen MR) is 90.6 cm³/mol. The van der Waals surface area contributed by atoms with Crippen LogP contribution in [0, 0.1) is 6.92 Å². The number of furan rings is 1. The highest BCUT2D eigenvalue weighted by Gasteiger charge is 2.23. The van der Waals surface area contributed by atoms with Gasteiger partial charge in [0.2, 0.25) is 5.78 Å². The molecule has 0 aliphatic heterocycles. The molecule has 0 saturated carbocycles. The number of fused-ring (bicyclic) bond motifs is 1. The number of primary amides is 1. The largest absolute Gasteiger partial charge is 0.497 e. The molecule has 2 aromatic carbocycles. The maximum absolute atomic E-state index is 12.8. The van der Waals surface area contributed by atoms with Crippen LogP contribution in [0.5, 0.6) is 5.75 Å². The number of carbonyl (C=O) groups is 2. The second-order valence-corrected chi connectivity index (χ2v) is 5.35. The summed E-state index contributed by atoms with van der Waals surface area (Å²) in [5.74, 6) is 0.269. The number of nitrogens with two attached hydrogens (primary N) is 1. The molecule has 0 atom stereocenters. The summed E-state index contributed by atoms with van der Waals surface area (Å²) < 4.78 is 10.8. The summed E-state index contributed by atoms with van der Waals surface area (Å²) >= 11 is 0. The van der Waals surface area contributed by atoms with E-state index in [4.69, 9.17) is 14.9 Å². The normalized spacial score (nSPS) is 10.6. The van der Waals surface area contributed by atoms with Gasteiger partial charge in [0.15, 0.2) is 5.76 Å². The van der Waals surface area contributed by atoms with Gasteiger partial charge in [0.1, 0.15) is 17.0 Å². The number of benzene rings is 2. The van der Waals surface area contributed by atoms with Gasteiger partial charge in [-0.05, 0) is 19.1 Å². The topological polar surface area (TPSA) is 94.6 Å². The Balaban J connectivity index is 2.15. The Bertz CT molecular complexity index is 926. The summed E-state index contributed by atoms with van der Waals surface area (Å²) in [5, 5.41) is 3.05. The van der Waals surface area contributed by atoms with Crippen LogP contribution in [0.15, 0.2) is 46.9 Å². The van der Waals surface area contributed by atoms with E-state index in [1.165, 1.54) is 7.11 Å². The number of anilines is 1. The predicted octanol–water partition coefficient (Wildman–Crippen LogP) is 3.47. The van der Waals surface area contributed by atoms with Crippen molar-refractivity contribution in [2.75, 3.05) is 12.4 Å². The molecule has 0 aliphatic carbocycles. The molecule has 0 saturated heterocycles. The molecule has 0 spiro atoms. The number of rotatable bonds is 4. The number of urea groups is 1. The molecule has 1 heterocycles. The van der Waals surface area contributed by atoms with Gasteiger partial charge in [-0.25, -0.2) is 4.79 Å². The summed E-state index contributed by atoms with van der Waals surface area (Å²) in [6, 6.07) is 11.4. The molecule has 0 aliphatic rings. The number of hydrogen-bond acceptors (Lipinski definition) is 4. The lowest BCUT2D eigenvalue weighted by Crippen LogP contribution is -2.20. The summed E-state index contributed by atoms with van der Waals surface area (Å²) in [6.45, 7) is 1.93. The molecule has 6 heteroatoms. The summed E-state index contributed by atoms with van der Waals surface area (Å²) in [7, 11) is 1.53.